The van der Waals surface area contributed by atoms with E-state index in [0.717, 1.165) is 0 Å². The molecule has 0 amide bonds. The molecule has 18 nitrogen and oxygen atoms in total. The van der Waals surface area contributed by atoms with Crippen molar-refractivity contribution in [1.29, 1.82) is 0 Å². The van der Waals surface area contributed by atoms with E-state index < -0.39 is 55.0 Å². The van der Waals surface area contributed by atoms with Gasteiger partial charge in [0.15, 0.2) is 0 Å². The van der Waals surface area contributed by atoms with E-state index in [1.54, 1.807) is 0 Å². The van der Waals surface area contributed by atoms with Gasteiger partial charge in [-0.3, -0.25) is 26.8 Å². The number of rotatable bonds is 0. The maximum atomic E-state index is 8.74. The van der Waals surface area contributed by atoms with Crippen LogP contribution in [0.5, 0.6) is 0 Å². The molecule has 0 aromatic heterocycles. The van der Waals surface area contributed by atoms with Crippen molar-refractivity contribution in [3.63, 3.8) is 0 Å². The van der Waals surface area contributed by atoms with Gasteiger partial charge in [-0.1, -0.05) is 0 Å². The minimum absolute atomic E-state index is 0. The Kier molecular flexibility index (Phi) is 1110. The smallest absolute Gasteiger partial charge is 1.00 e. The fourth-order valence-corrected chi connectivity index (χ4v) is 0. The fraction of sp³-hybridized carbons (Fsp3) is 0. The first-order chi connectivity index (χ1) is 10.4. The Hall–Kier alpha value is 26.7. The van der Waals surface area contributed by atoms with Gasteiger partial charge < -0.3 is 98.9 Å². The van der Waals surface area contributed by atoms with Gasteiger partial charge in [0.25, 0.3) is 0 Å². The topological polar surface area (TPSA) is 345 Å². The van der Waals surface area contributed by atoms with E-state index in [0.29, 0.717) is 0 Å². The van der Waals surface area contributed by atoms with Crippen molar-refractivity contribution < 1.29 is 983 Å². The van der Waals surface area contributed by atoms with Gasteiger partial charge >= 0.3 is 912 Å². The van der Waals surface area contributed by atoms with Crippen LogP contribution < -0.4 is 857 Å². The summed E-state index contributed by atoms with van der Waals surface area (Å²) in [6.07, 6.45) is 0. The third-order valence-corrected chi connectivity index (χ3v) is 0. The van der Waals surface area contributed by atoms with Crippen LogP contribution in [-0.4, -0.2) is 113 Å². The molecule has 0 radical (unpaired) electrons. The van der Waals surface area contributed by atoms with Gasteiger partial charge in [0, 0.05) is 0 Å². The molecule has 0 rings (SSSR count). The van der Waals surface area contributed by atoms with Crippen LogP contribution in [0.4, 0.5) is 0 Å². The molecule has 0 saturated heterocycles. The summed E-state index contributed by atoms with van der Waals surface area (Å²) in [4.78, 5) is 85.9. The van der Waals surface area contributed by atoms with Crippen LogP contribution in [0, 0.1) is 0 Å². The summed E-state index contributed by atoms with van der Waals surface area (Å²) < 4.78 is 52.4. The molecular weight excluding hydrogens is 1120 g/mol. The summed E-state index contributed by atoms with van der Waals surface area (Å²) in [5, 5.41) is 0. The molecule has 53 heteroatoms. The molecule has 0 bridgehead atoms. The molecule has 0 aromatic rings. The van der Waals surface area contributed by atoms with Crippen LogP contribution in [0.2, 0.25) is 0 Å². The molecule has 0 heterocycles. The molecule has 0 saturated carbocycles. The Morgan fingerprint density at radius 3 is 0.151 bits per heavy atom. The fourth-order valence-electron chi connectivity index (χ4n) is 0. The monoisotopic (exact) mass is 1160 g/mol. The van der Waals surface area contributed by atoms with Gasteiger partial charge in [0.1, 0.15) is 0 Å². The predicted molar refractivity (Wildman–Crippen MR) is 97.5 cm³/mol. The summed E-state index contributed by atoms with van der Waals surface area (Å²) in [5.74, 6) is 0. The van der Waals surface area contributed by atoms with Crippen LogP contribution in [0.3, 0.4) is 0 Å². The Bertz CT molecular complexity index is 380. The molecule has 202 valence electrons. The van der Waals surface area contributed by atoms with Crippen LogP contribution >= 0.6 is 0 Å². The quantitative estimate of drug-likeness (QED) is 0.100. The van der Waals surface area contributed by atoms with Crippen molar-refractivity contribution in [2.45, 2.75) is 0 Å². The van der Waals surface area contributed by atoms with Crippen LogP contribution in [0.25, 0.3) is 0 Å². The maximum Gasteiger partial charge on any atom is 1.00 e. The minimum Gasteiger partial charge on any atom is -1.00 e. The molecule has 0 fully saturated rings. The molecule has 0 aliphatic carbocycles. The van der Waals surface area contributed by atoms with Crippen LogP contribution in [-0.2, 0) is 26.8 Å². The summed E-state index contributed by atoms with van der Waals surface area (Å²) in [5.41, 5.74) is 0. The molecular formula is H41Na29O18Si6. The molecule has 53 heavy (non-hydrogen) atoms. The van der Waals surface area contributed by atoms with Gasteiger partial charge in [-0.25, -0.2) is 0 Å². The Morgan fingerprint density at radius 2 is 0.151 bits per heavy atom. The Labute approximate surface area is 1010 Å². The van der Waals surface area contributed by atoms with Crippen LogP contribution in [0.1, 0.15) is 41.4 Å². The third kappa shape index (κ3) is 649. The van der Waals surface area contributed by atoms with E-state index >= 15 is 0 Å². The van der Waals surface area contributed by atoms with Gasteiger partial charge in [-0.05, 0) is 0 Å². The number of hydrogen-bond acceptors (Lipinski definition) is 6. The summed E-state index contributed by atoms with van der Waals surface area (Å²) in [6, 6.07) is 0. The molecule has 0 aliphatic rings. The number of hydrogen-bond donors (Lipinski definition) is 12. The first-order valence-electron chi connectivity index (χ1n) is 3.91. The third-order valence-electron chi connectivity index (χ3n) is 0. The average Bonchev–Trinajstić information content (AvgIpc) is 2.08. The van der Waals surface area contributed by atoms with Crippen molar-refractivity contribution in [2.75, 3.05) is 0 Å². The zero-order chi connectivity index (χ0) is 21.5. The predicted octanol–water partition coefficient (Wildman–Crippen LogP) is -93.3. The van der Waals surface area contributed by atoms with Crippen molar-refractivity contribution >= 4 is 55.0 Å². The van der Waals surface area contributed by atoms with Crippen molar-refractivity contribution in [3.8, 4) is 0 Å². The van der Waals surface area contributed by atoms with E-state index in [-0.39, 0.29) is 899 Å². The largest absolute Gasteiger partial charge is 1.00 e. The second-order valence-electron chi connectivity index (χ2n) is 1.70. The SMILES string of the molecule is O=[Si](O)O.O=[Si](O)O.O=[Si](O)O.O=[Si](O)O.O=[Si](O)O.O=[Si](O)O.[H-].[H-].[H-].[H-].[H-].[H-].[H-].[H-].[H-].[H-].[H-].[H-].[H-].[H-].[H-].[H-].[H-].[H-].[H-].[H-].[H-].[H-].[H-].[H-].[H-].[H-].[H-].[H-].[H-].[Na+].[Na+].[Na+].[Na+].[Na+].[Na+].[Na+].[Na+].[Na+].[Na+].[Na+].[Na+].[Na+].[Na+].[Na+].[Na+].[Na+].[Na+].[Na+].[Na+].[Na+].[Na+].[Na+].[Na+].[Na+].[Na+].[Na+].[Na+].[Na+]. The first kappa shape index (κ1) is 247. The standard InChI is InChI=1S/29Na.6H2O3Si.29H/c;;;;;;;;;;;;;;;;;;;;;;;;;;;;;6*1-4(2)3;;;;;;;;;;;;;;;;;;;;;;;;;;;;;/h;;;;;;;;;;;;;;;;;;;;;;;;;;;;;6*1-2H;;;;;;;;;;;;;;;;;;;;;;;;;;;;;/q29*+1;;;;;;;29*-1. The second-order valence-corrected chi connectivity index (χ2v) is 5.09. The zero-order valence-corrected chi connectivity index (χ0v) is 104. The second kappa shape index (κ2) is 238. The van der Waals surface area contributed by atoms with E-state index in [2.05, 4.69) is 0 Å². The first-order valence-corrected chi connectivity index (χ1v) is 11.7. The maximum absolute atomic E-state index is 8.74. The summed E-state index contributed by atoms with van der Waals surface area (Å²) in [7, 11) is -18.8. The molecule has 0 aromatic carbocycles. The molecule has 0 spiro atoms. The Morgan fingerprint density at radius 1 is 0.151 bits per heavy atom. The molecule has 0 atom stereocenters. The van der Waals surface area contributed by atoms with E-state index in [1.807, 2.05) is 0 Å². The minimum atomic E-state index is -3.13. The summed E-state index contributed by atoms with van der Waals surface area (Å²) >= 11 is 0. The Balaban J connectivity index is -0.000000000670. The van der Waals surface area contributed by atoms with E-state index in [1.165, 1.54) is 0 Å². The van der Waals surface area contributed by atoms with Crippen molar-refractivity contribution in [3.05, 3.63) is 0 Å². The average molecular weight is 1160 g/mol. The van der Waals surface area contributed by atoms with Gasteiger partial charge in [-0.15, -0.1) is 0 Å². The van der Waals surface area contributed by atoms with Crippen molar-refractivity contribution in [1.82, 2.24) is 0 Å². The summed E-state index contributed by atoms with van der Waals surface area (Å²) in [6.45, 7) is 0. The zero-order valence-electron chi connectivity index (χ0n) is 68.8. The van der Waals surface area contributed by atoms with Gasteiger partial charge in [0.05, 0.1) is 0 Å². The normalized spacial score (nSPS) is 2.72. The van der Waals surface area contributed by atoms with Crippen LogP contribution in [0.15, 0.2) is 0 Å². The van der Waals surface area contributed by atoms with Gasteiger partial charge in [0.2, 0.25) is 0 Å². The van der Waals surface area contributed by atoms with E-state index in [9.17, 15) is 0 Å². The van der Waals surface area contributed by atoms with E-state index in [4.69, 9.17) is 84.3 Å². The molecule has 0 aliphatic heterocycles. The van der Waals surface area contributed by atoms with Gasteiger partial charge in [-0.2, -0.15) is 0 Å². The van der Waals surface area contributed by atoms with Crippen molar-refractivity contribution in [2.24, 2.45) is 0 Å². The molecule has 12 N–H and O–H groups in total. The molecule has 0 unspecified atom stereocenters.